The number of rotatable bonds is 5. The van der Waals surface area contributed by atoms with E-state index >= 15 is 0 Å². The molecule has 1 atom stereocenters. The van der Waals surface area contributed by atoms with Gasteiger partial charge in [-0.05, 0) is 11.5 Å². The maximum Gasteiger partial charge on any atom is 0.320 e. The Labute approximate surface area is 131 Å². The number of hydrogen-bond donors (Lipinski definition) is 0. The minimum Gasteiger partial charge on any atom is -0.465 e. The zero-order chi connectivity index (χ0) is 16.5. The number of ether oxygens (including phenoxy) is 1. The summed E-state index contributed by atoms with van der Waals surface area (Å²) in [5.41, 5.74) is -0.712. The van der Waals surface area contributed by atoms with Gasteiger partial charge in [0.15, 0.2) is 0 Å². The van der Waals surface area contributed by atoms with Crippen molar-refractivity contribution in [1.29, 1.82) is 0 Å². The Morgan fingerprint density at radius 1 is 1.19 bits per heavy atom. The Balaban J connectivity index is 2.84. The van der Waals surface area contributed by atoms with Gasteiger partial charge in [0, 0.05) is 13.5 Å². The molecule has 2 nitrogen and oxygen atoms in total. The van der Waals surface area contributed by atoms with Crippen LogP contribution in [0.1, 0.15) is 34.6 Å². The van der Waals surface area contributed by atoms with E-state index in [0.717, 1.165) is 6.04 Å². The fourth-order valence-electron chi connectivity index (χ4n) is 2.22. The highest BCUT2D eigenvalue weighted by Gasteiger charge is 2.53. The second-order valence-corrected chi connectivity index (χ2v) is 14.7. The van der Waals surface area contributed by atoms with Gasteiger partial charge < -0.3 is 4.74 Å². The Kier molecular flexibility index (Phi) is 4.99. The van der Waals surface area contributed by atoms with Crippen LogP contribution in [0.25, 0.3) is 0 Å². The lowest BCUT2D eigenvalue weighted by molar-refractivity contribution is -0.155. The Bertz CT molecular complexity index is 447. The molecule has 1 unspecified atom stereocenters. The number of carbonyl (C=O) groups is 1. The van der Waals surface area contributed by atoms with Crippen molar-refractivity contribution in [2.75, 3.05) is 6.61 Å². The molecule has 3 heteroatoms. The van der Waals surface area contributed by atoms with Gasteiger partial charge in [-0.3, -0.25) is 4.79 Å². The third-order valence-corrected chi connectivity index (χ3v) is 5.80. The van der Waals surface area contributed by atoms with Crippen LogP contribution in [0.2, 0.25) is 25.7 Å². The summed E-state index contributed by atoms with van der Waals surface area (Å²) in [6.07, 6.45) is 8.26. The van der Waals surface area contributed by atoms with Crippen LogP contribution in [0.15, 0.2) is 24.3 Å². The average Bonchev–Trinajstić information content (AvgIpc) is 2.24. The molecule has 1 rings (SSSR count). The third kappa shape index (κ3) is 4.57. The second kappa shape index (κ2) is 5.75. The van der Waals surface area contributed by atoms with Crippen molar-refractivity contribution in [2.45, 2.75) is 60.3 Å². The smallest absolute Gasteiger partial charge is 0.320 e. The number of allylic oxidation sites excluding steroid dienone is 2. The molecule has 0 aromatic rings. The van der Waals surface area contributed by atoms with Gasteiger partial charge in [-0.15, -0.1) is 0 Å². The second-order valence-electron chi connectivity index (χ2n) is 9.07. The molecule has 0 spiro atoms. The Hall–Kier alpha value is -0.833. The van der Waals surface area contributed by atoms with Crippen LogP contribution in [0.5, 0.6) is 0 Å². The van der Waals surface area contributed by atoms with Gasteiger partial charge >= 0.3 is 5.97 Å². The van der Waals surface area contributed by atoms with Crippen molar-refractivity contribution in [3.63, 3.8) is 0 Å². The van der Waals surface area contributed by atoms with Crippen molar-refractivity contribution in [3.05, 3.63) is 24.3 Å². The quantitative estimate of drug-likeness (QED) is 0.403. The molecule has 1 aliphatic rings. The highest BCUT2D eigenvalue weighted by Crippen LogP contribution is 2.52. The molecule has 0 saturated carbocycles. The molecule has 0 aromatic heterocycles. The lowest BCUT2D eigenvalue weighted by Gasteiger charge is -2.46. The van der Waals surface area contributed by atoms with E-state index < -0.39 is 13.5 Å². The number of esters is 1. The predicted octanol–water partition coefficient (Wildman–Crippen LogP) is 5.05. The van der Waals surface area contributed by atoms with Crippen LogP contribution in [0, 0.1) is 16.2 Å². The predicted molar refractivity (Wildman–Crippen MR) is 93.1 cm³/mol. The van der Waals surface area contributed by atoms with E-state index in [-0.39, 0.29) is 16.8 Å². The molecule has 0 aromatic carbocycles. The molecule has 0 aliphatic heterocycles. The summed E-state index contributed by atoms with van der Waals surface area (Å²) < 4.78 is 5.62. The molecule has 0 saturated heterocycles. The molecule has 0 bridgehead atoms. The van der Waals surface area contributed by atoms with Crippen LogP contribution >= 0.6 is 0 Å². The minimum atomic E-state index is -1.17. The van der Waals surface area contributed by atoms with Crippen molar-refractivity contribution in [2.24, 2.45) is 16.2 Å². The largest absolute Gasteiger partial charge is 0.465 e. The van der Waals surface area contributed by atoms with Gasteiger partial charge in [0.25, 0.3) is 0 Å². The number of carbonyl (C=O) groups excluding carboxylic acids is 1. The summed E-state index contributed by atoms with van der Waals surface area (Å²) in [6, 6.07) is 1.02. The van der Waals surface area contributed by atoms with Crippen LogP contribution in [-0.4, -0.2) is 20.7 Å². The van der Waals surface area contributed by atoms with Gasteiger partial charge in [0.05, 0.1) is 6.61 Å². The van der Waals surface area contributed by atoms with E-state index in [9.17, 15) is 4.79 Å². The standard InChI is InChI=1S/C18H32O2Si/c1-16(2,3)9-11-18(12-10-17(18,4)5)15(19)20-13-14-21(6,7)8/h9-12H,13-14H2,1-8H3. The van der Waals surface area contributed by atoms with Crippen molar-refractivity contribution in [3.8, 4) is 0 Å². The first-order chi connectivity index (χ1) is 9.29. The summed E-state index contributed by atoms with van der Waals surface area (Å²) >= 11 is 0. The van der Waals surface area contributed by atoms with E-state index in [1.807, 2.05) is 12.2 Å². The topological polar surface area (TPSA) is 26.3 Å². The SMILES string of the molecule is CC(C)(C)C=CC1(C(=O)OCC[Si](C)(C)C)C=CC1(C)C. The normalized spacial score (nSPS) is 25.0. The van der Waals surface area contributed by atoms with Crippen molar-refractivity contribution in [1.82, 2.24) is 0 Å². The minimum absolute atomic E-state index is 0.0606. The fourth-order valence-corrected chi connectivity index (χ4v) is 2.93. The lowest BCUT2D eigenvalue weighted by Crippen LogP contribution is -2.47. The van der Waals surface area contributed by atoms with Crippen molar-refractivity contribution < 1.29 is 9.53 Å². The highest BCUT2D eigenvalue weighted by atomic mass is 28.3. The Morgan fingerprint density at radius 2 is 1.76 bits per heavy atom. The van der Waals surface area contributed by atoms with Gasteiger partial charge in [0.2, 0.25) is 0 Å². The summed E-state index contributed by atoms with van der Waals surface area (Å²) in [5, 5.41) is 0. The maximum atomic E-state index is 12.7. The van der Waals surface area contributed by atoms with Gasteiger partial charge in [-0.2, -0.15) is 0 Å². The zero-order valence-electron chi connectivity index (χ0n) is 15.0. The number of hydrogen-bond acceptors (Lipinski definition) is 2. The van der Waals surface area contributed by atoms with Gasteiger partial charge in [-0.25, -0.2) is 0 Å². The highest BCUT2D eigenvalue weighted by molar-refractivity contribution is 6.76. The first-order valence-corrected chi connectivity index (χ1v) is 11.6. The van der Waals surface area contributed by atoms with Crippen molar-refractivity contribution >= 4 is 14.0 Å². The van der Waals surface area contributed by atoms with E-state index in [0.29, 0.717) is 6.61 Å². The zero-order valence-corrected chi connectivity index (χ0v) is 16.0. The van der Waals surface area contributed by atoms with E-state index in [1.165, 1.54) is 0 Å². The van der Waals surface area contributed by atoms with Crippen LogP contribution in [-0.2, 0) is 9.53 Å². The van der Waals surface area contributed by atoms with Gasteiger partial charge in [-0.1, -0.05) is 78.6 Å². The summed E-state index contributed by atoms with van der Waals surface area (Å²) in [7, 11) is -1.17. The summed E-state index contributed by atoms with van der Waals surface area (Å²) in [6.45, 7) is 18.0. The van der Waals surface area contributed by atoms with Crippen LogP contribution < -0.4 is 0 Å². The molecule has 0 heterocycles. The van der Waals surface area contributed by atoms with Crippen LogP contribution in [0.3, 0.4) is 0 Å². The van der Waals surface area contributed by atoms with Gasteiger partial charge in [0.1, 0.15) is 5.41 Å². The molecule has 120 valence electrons. The molecule has 0 fully saturated rings. The molecular weight excluding hydrogens is 276 g/mol. The third-order valence-electron chi connectivity index (χ3n) is 4.10. The van der Waals surface area contributed by atoms with E-state index in [1.54, 1.807) is 0 Å². The molecule has 1 aliphatic carbocycles. The Morgan fingerprint density at radius 3 is 2.10 bits per heavy atom. The van der Waals surface area contributed by atoms with E-state index in [4.69, 9.17) is 4.74 Å². The molecule has 0 amide bonds. The molecular formula is C18H32O2Si. The first kappa shape index (κ1) is 18.2. The van der Waals surface area contributed by atoms with Crippen LogP contribution in [0.4, 0.5) is 0 Å². The first-order valence-electron chi connectivity index (χ1n) is 7.87. The maximum absolute atomic E-state index is 12.7. The van der Waals surface area contributed by atoms with E-state index in [2.05, 4.69) is 66.4 Å². The summed E-state index contributed by atoms with van der Waals surface area (Å²) in [4.78, 5) is 12.7. The monoisotopic (exact) mass is 308 g/mol. The molecule has 0 radical (unpaired) electrons. The fraction of sp³-hybridized carbons (Fsp3) is 0.722. The lowest BCUT2D eigenvalue weighted by atomic mass is 9.57. The molecule has 21 heavy (non-hydrogen) atoms. The summed E-state index contributed by atoms with van der Waals surface area (Å²) in [5.74, 6) is -0.103. The molecule has 0 N–H and O–H groups in total. The average molecular weight is 309 g/mol.